The summed E-state index contributed by atoms with van der Waals surface area (Å²) in [6, 6.07) is 15.5. The van der Waals surface area contributed by atoms with Crippen molar-refractivity contribution < 1.29 is 14.6 Å². The van der Waals surface area contributed by atoms with E-state index in [1.807, 2.05) is 36.4 Å². The van der Waals surface area contributed by atoms with E-state index in [9.17, 15) is 5.11 Å². The minimum atomic E-state index is 0.147. The van der Waals surface area contributed by atoms with Crippen molar-refractivity contribution in [3.8, 4) is 11.5 Å². The summed E-state index contributed by atoms with van der Waals surface area (Å²) >= 11 is 0. The number of aromatic hydroxyl groups is 1. The van der Waals surface area contributed by atoms with E-state index in [0.717, 1.165) is 12.0 Å². The van der Waals surface area contributed by atoms with Crippen molar-refractivity contribution in [2.45, 2.75) is 6.42 Å². The Morgan fingerprint density at radius 1 is 1.10 bits per heavy atom. The smallest absolute Gasteiger partial charge is 0.161 e. The fourth-order valence-corrected chi connectivity index (χ4v) is 1.97. The van der Waals surface area contributed by atoms with Gasteiger partial charge in [-0.05, 0) is 29.7 Å². The second-order valence-corrected chi connectivity index (χ2v) is 4.64. The minimum absolute atomic E-state index is 0.147. The number of rotatable bonds is 7. The largest absolute Gasteiger partial charge is 0.504 e. The number of ether oxygens (including phenoxy) is 2. The quantitative estimate of drug-likeness (QED) is 0.788. The fraction of sp³-hybridized carbons (Fsp3) is 0.222. The monoisotopic (exact) mass is 284 g/mol. The molecule has 0 radical (unpaired) electrons. The molecule has 2 aromatic carbocycles. The van der Waals surface area contributed by atoms with E-state index < -0.39 is 0 Å². The topological polar surface area (TPSA) is 38.7 Å². The van der Waals surface area contributed by atoms with Crippen LogP contribution in [0.1, 0.15) is 11.1 Å². The second kappa shape index (κ2) is 8.12. The van der Waals surface area contributed by atoms with E-state index >= 15 is 0 Å². The zero-order valence-electron chi connectivity index (χ0n) is 12.2. The third kappa shape index (κ3) is 4.97. The molecule has 2 aromatic rings. The summed E-state index contributed by atoms with van der Waals surface area (Å²) in [5.41, 5.74) is 2.25. The molecule has 1 N–H and O–H groups in total. The number of hydrogen-bond acceptors (Lipinski definition) is 3. The highest BCUT2D eigenvalue weighted by Gasteiger charge is 1.99. The predicted octanol–water partition coefficient (Wildman–Crippen LogP) is 3.67. The molecule has 110 valence electrons. The van der Waals surface area contributed by atoms with Crippen LogP contribution in [-0.2, 0) is 11.2 Å². The first kappa shape index (κ1) is 15.1. The van der Waals surface area contributed by atoms with Crippen LogP contribution in [0.2, 0.25) is 0 Å². The summed E-state index contributed by atoms with van der Waals surface area (Å²) in [4.78, 5) is 0. The average Bonchev–Trinajstić information content (AvgIpc) is 2.53. The van der Waals surface area contributed by atoms with Gasteiger partial charge in [0.1, 0.15) is 0 Å². The summed E-state index contributed by atoms with van der Waals surface area (Å²) in [5.74, 6) is 0.621. The number of phenols is 1. The Morgan fingerprint density at radius 2 is 1.90 bits per heavy atom. The maximum atomic E-state index is 9.51. The van der Waals surface area contributed by atoms with Crippen LogP contribution in [0.4, 0.5) is 0 Å². The van der Waals surface area contributed by atoms with Gasteiger partial charge in [0, 0.05) is 0 Å². The van der Waals surface area contributed by atoms with Gasteiger partial charge in [-0.25, -0.2) is 0 Å². The molecule has 0 unspecified atom stereocenters. The molecule has 0 aliphatic rings. The van der Waals surface area contributed by atoms with E-state index in [0.29, 0.717) is 19.0 Å². The van der Waals surface area contributed by atoms with Crippen molar-refractivity contribution in [2.75, 3.05) is 20.3 Å². The summed E-state index contributed by atoms with van der Waals surface area (Å²) in [5, 5.41) is 9.51. The lowest BCUT2D eigenvalue weighted by atomic mass is 10.2. The molecule has 0 aliphatic carbocycles. The van der Waals surface area contributed by atoms with Crippen molar-refractivity contribution in [3.05, 3.63) is 65.7 Å². The molecule has 0 heterocycles. The summed E-state index contributed by atoms with van der Waals surface area (Å²) in [7, 11) is 1.54. The van der Waals surface area contributed by atoms with Crippen LogP contribution < -0.4 is 4.74 Å². The SMILES string of the molecule is COc1cc(/C=C/COCCc2ccccc2)ccc1O. The van der Waals surface area contributed by atoms with Crippen LogP contribution in [-0.4, -0.2) is 25.4 Å². The van der Waals surface area contributed by atoms with E-state index in [1.54, 1.807) is 12.1 Å². The highest BCUT2D eigenvalue weighted by atomic mass is 16.5. The zero-order chi connectivity index (χ0) is 14.9. The zero-order valence-corrected chi connectivity index (χ0v) is 12.2. The highest BCUT2D eigenvalue weighted by Crippen LogP contribution is 2.26. The van der Waals surface area contributed by atoms with Crippen LogP contribution in [0.5, 0.6) is 11.5 Å². The van der Waals surface area contributed by atoms with Crippen molar-refractivity contribution >= 4 is 6.08 Å². The lowest BCUT2D eigenvalue weighted by Crippen LogP contribution is -1.98. The van der Waals surface area contributed by atoms with E-state index in [1.165, 1.54) is 12.7 Å². The Kier molecular flexibility index (Phi) is 5.85. The number of hydrogen-bond donors (Lipinski definition) is 1. The molecule has 2 rings (SSSR count). The Hall–Kier alpha value is -2.26. The minimum Gasteiger partial charge on any atom is -0.504 e. The van der Waals surface area contributed by atoms with Crippen LogP contribution >= 0.6 is 0 Å². The Bertz CT molecular complexity index is 576. The van der Waals surface area contributed by atoms with Crippen LogP contribution in [0.25, 0.3) is 6.08 Å². The van der Waals surface area contributed by atoms with Crippen molar-refractivity contribution in [1.82, 2.24) is 0 Å². The third-order valence-electron chi connectivity index (χ3n) is 3.11. The van der Waals surface area contributed by atoms with Gasteiger partial charge in [0.25, 0.3) is 0 Å². The Balaban J connectivity index is 1.73. The Morgan fingerprint density at radius 3 is 2.67 bits per heavy atom. The number of benzene rings is 2. The molecule has 0 saturated carbocycles. The molecule has 0 aromatic heterocycles. The summed E-state index contributed by atoms with van der Waals surface area (Å²) in [6.45, 7) is 1.27. The number of methoxy groups -OCH3 is 1. The molecule has 0 spiro atoms. The lowest BCUT2D eigenvalue weighted by Gasteiger charge is -2.04. The van der Waals surface area contributed by atoms with Gasteiger partial charge in [-0.3, -0.25) is 0 Å². The highest BCUT2D eigenvalue weighted by molar-refractivity contribution is 5.55. The molecule has 0 atom stereocenters. The van der Waals surface area contributed by atoms with Crippen molar-refractivity contribution in [2.24, 2.45) is 0 Å². The Labute approximate surface area is 125 Å². The van der Waals surface area contributed by atoms with Gasteiger partial charge in [0.15, 0.2) is 11.5 Å². The molecule has 0 amide bonds. The van der Waals surface area contributed by atoms with E-state index in [-0.39, 0.29) is 5.75 Å². The molecule has 0 bridgehead atoms. The standard InChI is InChI=1S/C18H20O3/c1-20-18-14-16(9-10-17(18)19)8-5-12-21-13-11-15-6-3-2-4-7-15/h2-10,14,19H,11-13H2,1H3/b8-5+. The first-order valence-corrected chi connectivity index (χ1v) is 6.95. The van der Waals surface area contributed by atoms with Gasteiger partial charge in [0.2, 0.25) is 0 Å². The molecule has 21 heavy (non-hydrogen) atoms. The van der Waals surface area contributed by atoms with Gasteiger partial charge >= 0.3 is 0 Å². The third-order valence-corrected chi connectivity index (χ3v) is 3.11. The van der Waals surface area contributed by atoms with Crippen molar-refractivity contribution in [1.29, 1.82) is 0 Å². The summed E-state index contributed by atoms with van der Waals surface area (Å²) in [6.07, 6.45) is 4.82. The lowest BCUT2D eigenvalue weighted by molar-refractivity contribution is 0.166. The van der Waals surface area contributed by atoms with E-state index in [2.05, 4.69) is 12.1 Å². The molecule has 0 aliphatic heterocycles. The predicted molar refractivity (Wildman–Crippen MR) is 84.7 cm³/mol. The maximum Gasteiger partial charge on any atom is 0.161 e. The first-order valence-electron chi connectivity index (χ1n) is 6.95. The van der Waals surface area contributed by atoms with Gasteiger partial charge in [-0.15, -0.1) is 0 Å². The molecular weight excluding hydrogens is 264 g/mol. The molecule has 0 fully saturated rings. The van der Waals surface area contributed by atoms with Crippen molar-refractivity contribution in [3.63, 3.8) is 0 Å². The van der Waals surface area contributed by atoms with Crippen LogP contribution in [0, 0.1) is 0 Å². The van der Waals surface area contributed by atoms with Crippen LogP contribution in [0.3, 0.4) is 0 Å². The maximum absolute atomic E-state index is 9.51. The first-order chi connectivity index (χ1) is 10.3. The van der Waals surface area contributed by atoms with Gasteiger partial charge in [-0.1, -0.05) is 48.6 Å². The average molecular weight is 284 g/mol. The molecule has 3 heteroatoms. The van der Waals surface area contributed by atoms with Gasteiger partial charge in [0.05, 0.1) is 20.3 Å². The van der Waals surface area contributed by atoms with Gasteiger partial charge < -0.3 is 14.6 Å². The van der Waals surface area contributed by atoms with E-state index in [4.69, 9.17) is 9.47 Å². The number of phenolic OH excluding ortho intramolecular Hbond substituents is 1. The fourth-order valence-electron chi connectivity index (χ4n) is 1.97. The molecule has 0 saturated heterocycles. The van der Waals surface area contributed by atoms with Crippen LogP contribution in [0.15, 0.2) is 54.6 Å². The summed E-state index contributed by atoms with van der Waals surface area (Å²) < 4.78 is 10.6. The molecular formula is C18H20O3. The normalized spacial score (nSPS) is 10.9. The second-order valence-electron chi connectivity index (χ2n) is 4.64. The van der Waals surface area contributed by atoms with Gasteiger partial charge in [-0.2, -0.15) is 0 Å². The molecule has 3 nitrogen and oxygen atoms in total.